The second kappa shape index (κ2) is 9.16. The first kappa shape index (κ1) is 22.7. The summed E-state index contributed by atoms with van der Waals surface area (Å²) in [5.74, 6) is -0.610. The van der Waals surface area contributed by atoms with Crippen LogP contribution in [0.4, 0.5) is 23.4 Å². The molecule has 3 aromatic rings. The number of alkyl halides is 3. The maximum atomic E-state index is 14.0. The highest BCUT2D eigenvalue weighted by Crippen LogP contribution is 2.30. The Hall–Kier alpha value is -3.50. The van der Waals surface area contributed by atoms with E-state index in [9.17, 15) is 22.4 Å². The van der Waals surface area contributed by atoms with Crippen LogP contribution in [0.5, 0.6) is 0 Å². The first-order valence-electron chi connectivity index (χ1n) is 10.5. The number of anilines is 1. The van der Waals surface area contributed by atoms with Crippen molar-refractivity contribution < 1.29 is 22.4 Å². The zero-order valence-electron chi connectivity index (χ0n) is 17.7. The fourth-order valence-electron chi connectivity index (χ4n) is 4.05. The number of nitrogens with one attached hydrogen (secondary N) is 2. The summed E-state index contributed by atoms with van der Waals surface area (Å²) in [6.07, 6.45) is 0.528. The second-order valence-electron chi connectivity index (χ2n) is 8.02. The zero-order chi connectivity index (χ0) is 23.6. The molecule has 3 aromatic heterocycles. The van der Waals surface area contributed by atoms with Crippen molar-refractivity contribution in [3.63, 3.8) is 0 Å². The lowest BCUT2D eigenvalue weighted by Crippen LogP contribution is -2.51. The summed E-state index contributed by atoms with van der Waals surface area (Å²) in [6, 6.07) is 4.75. The molecule has 2 N–H and O–H groups in total. The quantitative estimate of drug-likeness (QED) is 0.550. The van der Waals surface area contributed by atoms with E-state index >= 15 is 0 Å². The average molecular weight is 462 g/mol. The molecule has 0 unspecified atom stereocenters. The predicted octanol–water partition coefficient (Wildman–Crippen LogP) is 4.38. The van der Waals surface area contributed by atoms with Crippen LogP contribution in [-0.2, 0) is 6.18 Å². The van der Waals surface area contributed by atoms with Crippen LogP contribution in [0.1, 0.15) is 35.7 Å². The lowest BCUT2D eigenvalue weighted by atomic mass is 9.90. The molecule has 0 saturated carbocycles. The van der Waals surface area contributed by atoms with Crippen LogP contribution in [0.25, 0.3) is 11.4 Å². The Kier molecular flexibility index (Phi) is 6.30. The monoisotopic (exact) mass is 462 g/mol. The Labute approximate surface area is 187 Å². The predicted molar refractivity (Wildman–Crippen MR) is 113 cm³/mol. The molecular formula is C22H22F4N6O. The standard InChI is InChI=1S/C22H22F4N6O/c1-13-3-2-8-32(18(13)12-28-19-5-4-14(10-27-19)22(24,25)26)21(33)16-9-15(23)11-29-20(16)17-6-7-30-31-17/h4-7,9-11,13,18H,2-3,8,12H2,1H3,(H,27,28)(H,30,31)/t13-,18-/m1/s1. The molecule has 1 fully saturated rings. The van der Waals surface area contributed by atoms with Gasteiger partial charge >= 0.3 is 6.18 Å². The largest absolute Gasteiger partial charge is 0.417 e. The minimum atomic E-state index is -4.46. The van der Waals surface area contributed by atoms with Crippen LogP contribution in [0.2, 0.25) is 0 Å². The van der Waals surface area contributed by atoms with Gasteiger partial charge in [-0.2, -0.15) is 18.3 Å². The molecule has 1 aliphatic heterocycles. The third-order valence-electron chi connectivity index (χ3n) is 5.80. The number of likely N-dealkylation sites (tertiary alicyclic amines) is 1. The fraction of sp³-hybridized carbons (Fsp3) is 0.364. The van der Waals surface area contributed by atoms with E-state index in [1.54, 1.807) is 11.0 Å². The maximum Gasteiger partial charge on any atom is 0.417 e. The van der Waals surface area contributed by atoms with Gasteiger partial charge in [0.15, 0.2) is 0 Å². The molecule has 1 aliphatic rings. The molecule has 1 saturated heterocycles. The number of nitrogens with zero attached hydrogens (tertiary/aromatic N) is 4. The van der Waals surface area contributed by atoms with Crippen LogP contribution in [-0.4, -0.2) is 50.1 Å². The first-order chi connectivity index (χ1) is 15.7. The van der Waals surface area contributed by atoms with E-state index in [2.05, 4.69) is 25.5 Å². The van der Waals surface area contributed by atoms with E-state index in [-0.39, 0.29) is 35.8 Å². The Balaban J connectivity index is 1.55. The highest BCUT2D eigenvalue weighted by atomic mass is 19.4. The van der Waals surface area contributed by atoms with E-state index in [0.717, 1.165) is 37.4 Å². The van der Waals surface area contributed by atoms with E-state index in [1.807, 2.05) is 6.92 Å². The van der Waals surface area contributed by atoms with Gasteiger partial charge in [0.1, 0.15) is 17.3 Å². The molecule has 4 heterocycles. The number of aromatic amines is 1. The Morgan fingerprint density at radius 2 is 2.06 bits per heavy atom. The summed E-state index contributed by atoms with van der Waals surface area (Å²) in [7, 11) is 0. The molecule has 0 bridgehead atoms. The van der Waals surface area contributed by atoms with Gasteiger partial charge in [-0.3, -0.25) is 14.9 Å². The Morgan fingerprint density at radius 3 is 2.73 bits per heavy atom. The average Bonchev–Trinajstić information content (AvgIpc) is 3.32. The number of carbonyl (C=O) groups is 1. The smallest absolute Gasteiger partial charge is 0.368 e. The molecule has 11 heteroatoms. The van der Waals surface area contributed by atoms with E-state index in [4.69, 9.17) is 0 Å². The molecule has 0 aromatic carbocycles. The van der Waals surface area contributed by atoms with Crippen molar-refractivity contribution >= 4 is 11.7 Å². The summed E-state index contributed by atoms with van der Waals surface area (Å²) in [6.45, 7) is 2.76. The summed E-state index contributed by atoms with van der Waals surface area (Å²) < 4.78 is 52.3. The van der Waals surface area contributed by atoms with Gasteiger partial charge < -0.3 is 10.2 Å². The van der Waals surface area contributed by atoms with Gasteiger partial charge in [-0.25, -0.2) is 9.37 Å². The lowest BCUT2D eigenvalue weighted by molar-refractivity contribution is -0.137. The molecular weight excluding hydrogens is 440 g/mol. The normalized spacial score (nSPS) is 18.9. The second-order valence-corrected chi connectivity index (χ2v) is 8.02. The number of rotatable bonds is 5. The highest BCUT2D eigenvalue weighted by Gasteiger charge is 2.34. The summed E-state index contributed by atoms with van der Waals surface area (Å²) in [5.41, 5.74) is 0.0760. The van der Waals surface area contributed by atoms with Gasteiger partial charge in [-0.1, -0.05) is 6.92 Å². The van der Waals surface area contributed by atoms with Gasteiger partial charge in [0.25, 0.3) is 5.91 Å². The van der Waals surface area contributed by atoms with Gasteiger partial charge in [-0.05, 0) is 43.0 Å². The molecule has 4 rings (SSSR count). The van der Waals surface area contributed by atoms with Gasteiger partial charge in [-0.15, -0.1) is 0 Å². The molecule has 0 radical (unpaired) electrons. The third kappa shape index (κ3) is 4.96. The van der Waals surface area contributed by atoms with E-state index < -0.39 is 17.6 Å². The van der Waals surface area contributed by atoms with Crippen molar-refractivity contribution in [2.24, 2.45) is 5.92 Å². The number of halogens is 4. The van der Waals surface area contributed by atoms with Crippen LogP contribution >= 0.6 is 0 Å². The Bertz CT molecular complexity index is 1100. The molecule has 1 amide bonds. The van der Waals surface area contributed by atoms with Gasteiger partial charge in [0.2, 0.25) is 0 Å². The van der Waals surface area contributed by atoms with Crippen molar-refractivity contribution in [1.82, 2.24) is 25.1 Å². The minimum Gasteiger partial charge on any atom is -0.368 e. The van der Waals surface area contributed by atoms with Crippen molar-refractivity contribution in [3.8, 4) is 11.4 Å². The number of carbonyl (C=O) groups excluding carboxylic acids is 1. The number of hydrogen-bond donors (Lipinski definition) is 2. The van der Waals surface area contributed by atoms with Gasteiger partial charge in [0.05, 0.1) is 29.1 Å². The maximum absolute atomic E-state index is 14.0. The number of piperidine rings is 1. The van der Waals surface area contributed by atoms with Crippen LogP contribution in [0.3, 0.4) is 0 Å². The molecule has 7 nitrogen and oxygen atoms in total. The van der Waals surface area contributed by atoms with Gasteiger partial charge in [0, 0.05) is 25.5 Å². The molecule has 33 heavy (non-hydrogen) atoms. The number of aromatic nitrogens is 4. The summed E-state index contributed by atoms with van der Waals surface area (Å²) in [5, 5.41) is 9.66. The lowest BCUT2D eigenvalue weighted by Gasteiger charge is -2.40. The molecule has 0 spiro atoms. The molecule has 2 atom stereocenters. The third-order valence-corrected chi connectivity index (χ3v) is 5.80. The summed E-state index contributed by atoms with van der Waals surface area (Å²) in [4.78, 5) is 23.1. The van der Waals surface area contributed by atoms with Crippen LogP contribution in [0, 0.1) is 11.7 Å². The SMILES string of the molecule is C[C@@H]1CCCN(C(=O)c2cc(F)cnc2-c2ccn[nH]2)[C@@H]1CNc1ccc(C(F)(F)F)cn1. The molecule has 174 valence electrons. The highest BCUT2D eigenvalue weighted by molar-refractivity contribution is 5.99. The number of pyridine rings is 2. The first-order valence-corrected chi connectivity index (χ1v) is 10.5. The van der Waals surface area contributed by atoms with Crippen molar-refractivity contribution in [2.75, 3.05) is 18.4 Å². The van der Waals surface area contributed by atoms with Crippen molar-refractivity contribution in [1.29, 1.82) is 0 Å². The van der Waals surface area contributed by atoms with E-state index in [1.165, 1.54) is 12.3 Å². The van der Waals surface area contributed by atoms with E-state index in [0.29, 0.717) is 17.9 Å². The molecule has 0 aliphatic carbocycles. The fourth-order valence-corrected chi connectivity index (χ4v) is 4.05. The van der Waals surface area contributed by atoms with Crippen LogP contribution < -0.4 is 5.32 Å². The minimum absolute atomic E-state index is 0.113. The van der Waals surface area contributed by atoms with Crippen molar-refractivity contribution in [3.05, 3.63) is 59.8 Å². The van der Waals surface area contributed by atoms with Crippen LogP contribution in [0.15, 0.2) is 42.9 Å². The van der Waals surface area contributed by atoms with Crippen molar-refractivity contribution in [2.45, 2.75) is 32.0 Å². The number of amides is 1. The zero-order valence-corrected chi connectivity index (χ0v) is 17.7. The topological polar surface area (TPSA) is 86.8 Å². The summed E-state index contributed by atoms with van der Waals surface area (Å²) >= 11 is 0. The number of H-pyrrole nitrogens is 1. The number of hydrogen-bond acceptors (Lipinski definition) is 5. The Morgan fingerprint density at radius 1 is 1.24 bits per heavy atom.